The predicted molar refractivity (Wildman–Crippen MR) is 113 cm³/mol. The quantitative estimate of drug-likeness (QED) is 0.662. The van der Waals surface area contributed by atoms with Gasteiger partial charge in [0.25, 0.3) is 0 Å². The summed E-state index contributed by atoms with van der Waals surface area (Å²) in [6.45, 7) is 5.25. The van der Waals surface area contributed by atoms with E-state index in [1.54, 1.807) is 0 Å². The Hall–Kier alpha value is -2.66. The number of hydrogen-bond donors (Lipinski definition) is 1. The van der Waals surface area contributed by atoms with Crippen LogP contribution in [0.4, 0.5) is 0 Å². The van der Waals surface area contributed by atoms with Crippen LogP contribution in [0.25, 0.3) is 5.69 Å². The van der Waals surface area contributed by atoms with E-state index >= 15 is 0 Å². The summed E-state index contributed by atoms with van der Waals surface area (Å²) in [6.07, 6.45) is 5.02. The molecule has 4 rings (SSSR count). The van der Waals surface area contributed by atoms with Crippen LogP contribution in [0.15, 0.2) is 67.0 Å². The van der Waals surface area contributed by atoms with Crippen molar-refractivity contribution in [3.05, 3.63) is 83.9 Å². The highest BCUT2D eigenvalue weighted by Gasteiger charge is 2.40. The van der Waals surface area contributed by atoms with Gasteiger partial charge in [0.05, 0.1) is 17.8 Å². The first-order valence-electron chi connectivity index (χ1n) is 9.42. The van der Waals surface area contributed by atoms with Crippen molar-refractivity contribution in [2.24, 2.45) is 0 Å². The number of thiocarbonyl (C=S) groups is 1. The van der Waals surface area contributed by atoms with E-state index < -0.39 is 0 Å². The van der Waals surface area contributed by atoms with Crippen LogP contribution in [0.3, 0.4) is 0 Å². The lowest BCUT2D eigenvalue weighted by Crippen LogP contribution is -2.31. The molecule has 138 valence electrons. The van der Waals surface area contributed by atoms with Gasteiger partial charge in [-0.1, -0.05) is 31.2 Å². The highest BCUT2D eigenvalue weighted by atomic mass is 32.1. The van der Waals surface area contributed by atoms with E-state index in [2.05, 4.69) is 82.3 Å². The van der Waals surface area contributed by atoms with Gasteiger partial charge in [-0.2, -0.15) is 0 Å². The third-order valence-corrected chi connectivity index (χ3v) is 5.47. The van der Waals surface area contributed by atoms with Crippen LogP contribution < -0.4 is 5.32 Å². The van der Waals surface area contributed by atoms with Crippen molar-refractivity contribution in [2.45, 2.75) is 32.4 Å². The van der Waals surface area contributed by atoms with Gasteiger partial charge in [0.2, 0.25) is 0 Å². The second kappa shape index (κ2) is 7.53. The number of nitrogens with zero attached hydrogens (tertiary/aromatic N) is 3. The highest BCUT2D eigenvalue weighted by molar-refractivity contribution is 7.80. The Morgan fingerprint density at radius 3 is 2.63 bits per heavy atom. The molecule has 3 heterocycles. The molecule has 1 aromatic carbocycles. The number of pyridine rings is 1. The monoisotopic (exact) mass is 376 g/mol. The zero-order valence-corrected chi connectivity index (χ0v) is 16.5. The zero-order chi connectivity index (χ0) is 18.8. The molecular weight excluding hydrogens is 352 g/mol. The highest BCUT2D eigenvalue weighted by Crippen LogP contribution is 2.39. The molecule has 0 radical (unpaired) electrons. The van der Waals surface area contributed by atoms with Crippen LogP contribution in [0, 0.1) is 6.92 Å². The largest absolute Gasteiger partial charge is 0.352 e. The van der Waals surface area contributed by atoms with Gasteiger partial charge in [-0.3, -0.25) is 4.98 Å². The average molecular weight is 377 g/mol. The molecule has 4 nitrogen and oxygen atoms in total. The number of nitrogens with one attached hydrogen (secondary N) is 1. The fraction of sp³-hybridized carbons (Fsp3) is 0.273. The Bertz CT molecular complexity index is 934. The van der Waals surface area contributed by atoms with Crippen LogP contribution in [-0.2, 0) is 0 Å². The molecule has 5 heteroatoms. The lowest BCUT2D eigenvalue weighted by Gasteiger charge is -2.29. The summed E-state index contributed by atoms with van der Waals surface area (Å²) < 4.78 is 2.29. The third-order valence-electron chi connectivity index (χ3n) is 5.12. The summed E-state index contributed by atoms with van der Waals surface area (Å²) >= 11 is 5.70. The Kier molecular flexibility index (Phi) is 4.94. The Balaban J connectivity index is 1.83. The molecule has 27 heavy (non-hydrogen) atoms. The predicted octanol–water partition coefficient (Wildman–Crippen LogP) is 4.56. The SMILES string of the molecule is CCCN1C(=S)N[C@H](c2ccccn2)[C@@H]1c1cccn1-c1ccccc1C. The van der Waals surface area contributed by atoms with Gasteiger partial charge in [-0.15, -0.1) is 0 Å². The first kappa shape index (κ1) is 17.7. The molecule has 0 bridgehead atoms. The third kappa shape index (κ3) is 3.23. The van der Waals surface area contributed by atoms with Crippen molar-refractivity contribution >= 4 is 17.3 Å². The molecule has 1 aliphatic rings. The summed E-state index contributed by atoms with van der Waals surface area (Å²) in [5.41, 5.74) is 4.69. The minimum absolute atomic E-state index is 0.0305. The molecule has 2 atom stereocenters. The van der Waals surface area contributed by atoms with E-state index in [1.807, 2.05) is 18.3 Å². The molecule has 0 amide bonds. The molecule has 1 N–H and O–H groups in total. The summed E-state index contributed by atoms with van der Waals surface area (Å²) in [4.78, 5) is 6.92. The summed E-state index contributed by atoms with van der Waals surface area (Å²) in [7, 11) is 0. The molecular formula is C22H24N4S. The Morgan fingerprint density at radius 2 is 1.89 bits per heavy atom. The van der Waals surface area contributed by atoms with Crippen molar-refractivity contribution < 1.29 is 0 Å². The van der Waals surface area contributed by atoms with Crippen LogP contribution in [0.2, 0.25) is 0 Å². The van der Waals surface area contributed by atoms with Crippen molar-refractivity contribution in [3.63, 3.8) is 0 Å². The van der Waals surface area contributed by atoms with Gasteiger partial charge >= 0.3 is 0 Å². The number of aryl methyl sites for hydroxylation is 1. The number of benzene rings is 1. The fourth-order valence-corrected chi connectivity index (χ4v) is 4.23. The van der Waals surface area contributed by atoms with E-state index in [0.717, 1.165) is 23.8 Å². The Morgan fingerprint density at radius 1 is 1.07 bits per heavy atom. The minimum Gasteiger partial charge on any atom is -0.352 e. The first-order chi connectivity index (χ1) is 13.2. The van der Waals surface area contributed by atoms with E-state index in [-0.39, 0.29) is 12.1 Å². The Labute approximate surface area is 165 Å². The molecule has 3 aromatic rings. The van der Waals surface area contributed by atoms with Gasteiger partial charge < -0.3 is 14.8 Å². The van der Waals surface area contributed by atoms with Crippen LogP contribution in [0.1, 0.15) is 42.4 Å². The van der Waals surface area contributed by atoms with Crippen molar-refractivity contribution in [2.75, 3.05) is 6.54 Å². The molecule has 2 aromatic heterocycles. The molecule has 0 aliphatic carbocycles. The maximum atomic E-state index is 5.70. The molecule has 1 saturated heterocycles. The standard InChI is InChI=1S/C22H24N4S/c1-3-14-26-21(20(24-22(26)27)17-10-6-7-13-23-17)19-12-8-15-25(19)18-11-5-4-9-16(18)2/h4-13,15,20-21H,3,14H2,1-2H3,(H,24,27)/t20-,21+/m1/s1. The van der Waals surface area contributed by atoms with Gasteiger partial charge in [0, 0.05) is 30.3 Å². The number of para-hydroxylation sites is 1. The van der Waals surface area contributed by atoms with Gasteiger partial charge in [0.1, 0.15) is 0 Å². The van der Waals surface area contributed by atoms with E-state index in [1.165, 1.54) is 16.9 Å². The number of rotatable bonds is 5. The topological polar surface area (TPSA) is 33.1 Å². The molecule has 0 unspecified atom stereocenters. The van der Waals surface area contributed by atoms with Crippen molar-refractivity contribution in [1.82, 2.24) is 19.8 Å². The van der Waals surface area contributed by atoms with Crippen LogP contribution >= 0.6 is 12.2 Å². The van der Waals surface area contributed by atoms with Crippen LogP contribution in [0.5, 0.6) is 0 Å². The molecule has 1 fully saturated rings. The summed E-state index contributed by atoms with van der Waals surface area (Å²) in [5.74, 6) is 0. The van der Waals surface area contributed by atoms with Gasteiger partial charge in [-0.25, -0.2) is 0 Å². The minimum atomic E-state index is 0.0305. The lowest BCUT2D eigenvalue weighted by atomic mass is 10.0. The number of aromatic nitrogens is 2. The van der Waals surface area contributed by atoms with E-state index in [4.69, 9.17) is 12.2 Å². The number of hydrogen-bond acceptors (Lipinski definition) is 2. The second-order valence-corrected chi connectivity index (χ2v) is 7.30. The van der Waals surface area contributed by atoms with Crippen molar-refractivity contribution in [1.29, 1.82) is 0 Å². The normalized spacial score (nSPS) is 19.3. The fourth-order valence-electron chi connectivity index (χ4n) is 3.90. The maximum absolute atomic E-state index is 5.70. The average Bonchev–Trinajstić information content (AvgIpc) is 3.28. The smallest absolute Gasteiger partial charge is 0.170 e. The van der Waals surface area contributed by atoms with E-state index in [0.29, 0.717) is 0 Å². The van der Waals surface area contributed by atoms with E-state index in [9.17, 15) is 0 Å². The maximum Gasteiger partial charge on any atom is 0.170 e. The van der Waals surface area contributed by atoms with Crippen LogP contribution in [-0.4, -0.2) is 26.1 Å². The zero-order valence-electron chi connectivity index (χ0n) is 15.7. The second-order valence-electron chi connectivity index (χ2n) is 6.91. The van der Waals surface area contributed by atoms with Crippen molar-refractivity contribution in [3.8, 4) is 5.69 Å². The summed E-state index contributed by atoms with van der Waals surface area (Å²) in [6, 6.07) is 19.0. The molecule has 0 spiro atoms. The molecule has 0 saturated carbocycles. The lowest BCUT2D eigenvalue weighted by molar-refractivity contribution is 0.309. The molecule has 1 aliphatic heterocycles. The van der Waals surface area contributed by atoms with Gasteiger partial charge in [0.15, 0.2) is 5.11 Å². The first-order valence-corrected chi connectivity index (χ1v) is 9.83. The van der Waals surface area contributed by atoms with Gasteiger partial charge in [-0.05, 0) is 61.5 Å². The summed E-state index contributed by atoms with van der Waals surface area (Å²) in [5, 5.41) is 4.32.